The zero-order chi connectivity index (χ0) is 15.6. The topological polar surface area (TPSA) is 78.6 Å². The second-order valence-electron chi connectivity index (χ2n) is 5.90. The van der Waals surface area contributed by atoms with Crippen LogP contribution in [0.25, 0.3) is 0 Å². The lowest BCUT2D eigenvalue weighted by molar-refractivity contribution is 0.167. The number of nitrogens with two attached hydrogens (primary N) is 1. The van der Waals surface area contributed by atoms with Crippen molar-refractivity contribution in [2.24, 2.45) is 11.1 Å². The highest BCUT2D eigenvalue weighted by Crippen LogP contribution is 2.31. The van der Waals surface area contributed by atoms with Gasteiger partial charge in [0.1, 0.15) is 5.75 Å². The second kappa shape index (κ2) is 6.34. The maximum Gasteiger partial charge on any atom is 0.238 e. The summed E-state index contributed by atoms with van der Waals surface area (Å²) in [7, 11) is -3.72. The minimum absolute atomic E-state index is 0.0519. The molecule has 21 heavy (non-hydrogen) atoms. The number of primary sulfonamides is 1. The molecule has 1 atom stereocenters. The molecule has 0 aliphatic carbocycles. The molecule has 0 radical (unpaired) electrons. The van der Waals surface area contributed by atoms with Crippen molar-refractivity contribution in [2.75, 3.05) is 19.8 Å². The Hall–Kier alpha value is -1.11. The number of rotatable bonds is 5. The number of aryl methyl sites for hydroxylation is 1. The SMILES string of the molecule is Cc1cc(S(N)(=O)=O)c(C(C)C)cc1OCC1CCOC1. The molecular formula is C15H23NO4S. The molecule has 0 spiro atoms. The fraction of sp³-hybridized carbons (Fsp3) is 0.600. The number of benzene rings is 1. The summed E-state index contributed by atoms with van der Waals surface area (Å²) in [5.74, 6) is 1.18. The zero-order valence-corrected chi connectivity index (χ0v) is 13.6. The summed E-state index contributed by atoms with van der Waals surface area (Å²) in [6, 6.07) is 3.40. The lowest BCUT2D eigenvalue weighted by atomic mass is 10.0. The van der Waals surface area contributed by atoms with Gasteiger partial charge in [-0.05, 0) is 42.5 Å². The van der Waals surface area contributed by atoms with E-state index in [1.165, 1.54) is 0 Å². The van der Waals surface area contributed by atoms with Gasteiger partial charge in [0.2, 0.25) is 10.0 Å². The minimum atomic E-state index is -3.72. The summed E-state index contributed by atoms with van der Waals surface area (Å²) in [6.45, 7) is 7.81. The molecule has 5 nitrogen and oxygen atoms in total. The van der Waals surface area contributed by atoms with E-state index in [0.29, 0.717) is 18.1 Å². The van der Waals surface area contributed by atoms with E-state index in [-0.39, 0.29) is 10.8 Å². The standard InChI is InChI=1S/C15H23NO4S/c1-10(2)13-7-14(20-9-12-4-5-19-8-12)11(3)6-15(13)21(16,17)18/h6-7,10,12H,4-5,8-9H2,1-3H3,(H2,16,17,18). The maximum absolute atomic E-state index is 11.7. The van der Waals surface area contributed by atoms with Crippen molar-refractivity contribution in [3.63, 3.8) is 0 Å². The third kappa shape index (κ3) is 3.96. The largest absolute Gasteiger partial charge is 0.493 e. The highest BCUT2D eigenvalue weighted by molar-refractivity contribution is 7.89. The van der Waals surface area contributed by atoms with Crippen molar-refractivity contribution >= 4 is 10.0 Å². The number of hydrogen-bond donors (Lipinski definition) is 1. The van der Waals surface area contributed by atoms with Crippen molar-refractivity contribution < 1.29 is 17.9 Å². The van der Waals surface area contributed by atoms with Gasteiger partial charge in [-0.2, -0.15) is 0 Å². The Morgan fingerprint density at radius 1 is 1.43 bits per heavy atom. The molecular weight excluding hydrogens is 290 g/mol. The van der Waals surface area contributed by atoms with E-state index in [1.54, 1.807) is 12.1 Å². The Balaban J connectivity index is 2.28. The van der Waals surface area contributed by atoms with E-state index in [1.807, 2.05) is 20.8 Å². The first-order chi connectivity index (χ1) is 9.79. The Kier molecular flexibility index (Phi) is 4.91. The summed E-state index contributed by atoms with van der Waals surface area (Å²) in [4.78, 5) is 0.187. The average molecular weight is 313 g/mol. The molecule has 1 fully saturated rings. The van der Waals surface area contributed by atoms with E-state index < -0.39 is 10.0 Å². The number of hydrogen-bond acceptors (Lipinski definition) is 4. The van der Waals surface area contributed by atoms with Crippen molar-refractivity contribution in [2.45, 2.75) is 38.0 Å². The normalized spacial score (nSPS) is 19.2. The molecule has 2 N–H and O–H groups in total. The van der Waals surface area contributed by atoms with Gasteiger partial charge < -0.3 is 9.47 Å². The van der Waals surface area contributed by atoms with Gasteiger partial charge in [0.25, 0.3) is 0 Å². The number of ether oxygens (including phenoxy) is 2. The predicted molar refractivity (Wildman–Crippen MR) is 81.1 cm³/mol. The Morgan fingerprint density at radius 3 is 2.67 bits per heavy atom. The summed E-state index contributed by atoms with van der Waals surface area (Å²) in [5.41, 5.74) is 1.48. The van der Waals surface area contributed by atoms with Crippen LogP contribution in [0, 0.1) is 12.8 Å². The van der Waals surface area contributed by atoms with Gasteiger partial charge >= 0.3 is 0 Å². The molecule has 1 aromatic carbocycles. The van der Waals surface area contributed by atoms with Crippen LogP contribution in [0.1, 0.15) is 37.3 Å². The van der Waals surface area contributed by atoms with Crippen LogP contribution < -0.4 is 9.88 Å². The first kappa shape index (κ1) is 16.3. The Bertz CT molecular complexity index is 604. The lowest BCUT2D eigenvalue weighted by Gasteiger charge is -2.17. The molecule has 1 aromatic rings. The van der Waals surface area contributed by atoms with E-state index in [4.69, 9.17) is 14.6 Å². The van der Waals surface area contributed by atoms with Crippen molar-refractivity contribution in [3.05, 3.63) is 23.3 Å². The molecule has 1 unspecified atom stereocenters. The monoisotopic (exact) mass is 313 g/mol. The third-order valence-electron chi connectivity index (χ3n) is 3.73. The summed E-state index contributed by atoms with van der Waals surface area (Å²) in [5, 5.41) is 5.30. The molecule has 0 saturated carbocycles. The van der Waals surface area contributed by atoms with Gasteiger partial charge in [0, 0.05) is 12.5 Å². The zero-order valence-electron chi connectivity index (χ0n) is 12.8. The molecule has 1 heterocycles. The van der Waals surface area contributed by atoms with Crippen LogP contribution in [0.5, 0.6) is 5.75 Å². The Labute approximate surface area is 126 Å². The molecule has 0 bridgehead atoms. The predicted octanol–water partition coefficient (Wildman–Crippen LogP) is 2.18. The highest BCUT2D eigenvalue weighted by atomic mass is 32.2. The quantitative estimate of drug-likeness (QED) is 0.903. The van der Waals surface area contributed by atoms with Gasteiger partial charge in [0.05, 0.1) is 18.1 Å². The van der Waals surface area contributed by atoms with Gasteiger partial charge in [-0.3, -0.25) is 0 Å². The van der Waals surface area contributed by atoms with Crippen LogP contribution in [0.3, 0.4) is 0 Å². The van der Waals surface area contributed by atoms with E-state index in [9.17, 15) is 8.42 Å². The van der Waals surface area contributed by atoms with Gasteiger partial charge in [0.15, 0.2) is 0 Å². The lowest BCUT2D eigenvalue weighted by Crippen LogP contribution is -2.17. The summed E-state index contributed by atoms with van der Waals surface area (Å²) < 4.78 is 34.6. The van der Waals surface area contributed by atoms with Gasteiger partial charge in [-0.1, -0.05) is 13.8 Å². The molecule has 1 aliphatic heterocycles. The van der Waals surface area contributed by atoms with E-state index in [2.05, 4.69) is 0 Å². The smallest absolute Gasteiger partial charge is 0.238 e. The van der Waals surface area contributed by atoms with Crippen molar-refractivity contribution in [3.8, 4) is 5.75 Å². The molecule has 0 amide bonds. The second-order valence-corrected chi connectivity index (χ2v) is 7.43. The molecule has 2 rings (SSSR count). The number of sulfonamides is 1. The van der Waals surface area contributed by atoms with Crippen molar-refractivity contribution in [1.82, 2.24) is 0 Å². The van der Waals surface area contributed by atoms with E-state index in [0.717, 1.165) is 30.9 Å². The Morgan fingerprint density at radius 2 is 2.14 bits per heavy atom. The van der Waals surface area contributed by atoms with Crippen molar-refractivity contribution in [1.29, 1.82) is 0 Å². The van der Waals surface area contributed by atoms with Crippen LogP contribution in [0.4, 0.5) is 0 Å². The average Bonchev–Trinajstić information content (AvgIpc) is 2.88. The van der Waals surface area contributed by atoms with Crippen LogP contribution in [-0.4, -0.2) is 28.2 Å². The van der Waals surface area contributed by atoms with Gasteiger partial charge in [-0.15, -0.1) is 0 Å². The van der Waals surface area contributed by atoms with Crippen LogP contribution in [0.15, 0.2) is 17.0 Å². The maximum atomic E-state index is 11.7. The van der Waals surface area contributed by atoms with Crippen LogP contribution in [0.2, 0.25) is 0 Å². The molecule has 118 valence electrons. The first-order valence-electron chi connectivity index (χ1n) is 7.17. The fourth-order valence-corrected chi connectivity index (χ4v) is 3.42. The van der Waals surface area contributed by atoms with Gasteiger partial charge in [-0.25, -0.2) is 13.6 Å². The minimum Gasteiger partial charge on any atom is -0.493 e. The van der Waals surface area contributed by atoms with Crippen LogP contribution >= 0.6 is 0 Å². The summed E-state index contributed by atoms with van der Waals surface area (Å²) in [6.07, 6.45) is 1.01. The molecule has 6 heteroatoms. The fourth-order valence-electron chi connectivity index (χ4n) is 2.45. The first-order valence-corrected chi connectivity index (χ1v) is 8.71. The highest BCUT2D eigenvalue weighted by Gasteiger charge is 2.21. The molecule has 1 aliphatic rings. The molecule has 1 saturated heterocycles. The molecule has 0 aromatic heterocycles. The summed E-state index contributed by atoms with van der Waals surface area (Å²) >= 11 is 0. The van der Waals surface area contributed by atoms with Crippen LogP contribution in [-0.2, 0) is 14.8 Å². The third-order valence-corrected chi connectivity index (χ3v) is 4.70. The van der Waals surface area contributed by atoms with E-state index >= 15 is 0 Å².